The Morgan fingerprint density at radius 3 is 1.20 bits per heavy atom. The summed E-state index contributed by atoms with van der Waals surface area (Å²) in [6.07, 6.45) is 15.8. The van der Waals surface area contributed by atoms with Gasteiger partial charge in [-0.1, -0.05) is 112 Å². The lowest BCUT2D eigenvalue weighted by atomic mass is 10.1. The molecule has 0 radical (unpaired) electrons. The number of nitrogens with zero attached hydrogens (tertiary/aromatic N) is 6. The maximum atomic E-state index is 12.2. The van der Waals surface area contributed by atoms with E-state index in [-0.39, 0.29) is 35.7 Å². The highest BCUT2D eigenvalue weighted by Crippen LogP contribution is 2.49. The van der Waals surface area contributed by atoms with E-state index >= 15 is 0 Å². The average molecular weight is 743 g/mol. The average Bonchev–Trinajstić information content (AvgIpc) is 3.79. The summed E-state index contributed by atoms with van der Waals surface area (Å²) in [5.41, 5.74) is 3.82. The number of carboxylic acids is 2. The van der Waals surface area contributed by atoms with Gasteiger partial charge in [0, 0.05) is 25.9 Å². The molecule has 14 nitrogen and oxygen atoms in total. The third kappa shape index (κ3) is 10.8. The standard InChI is InChI=1S/C40H54N8O6/c49-33(50)25-13-9-5-1-3-7-11-19-27-41-35-37(47-31-23-17-15-21-29(31)43-45-47)40(54)36(42-28-20-12-8-4-2-6-10-14-26-34(51)52)38(39(35)53)48-32-24-18-16-22-30(32)44-46-48/h15-18,21-24,41-42,53-54H,1-14,19-20,25-28H2,(H,49,50)(H,51,52). The Morgan fingerprint density at radius 1 is 0.500 bits per heavy atom. The highest BCUT2D eigenvalue weighted by molar-refractivity contribution is 5.93. The molecule has 0 aliphatic rings. The van der Waals surface area contributed by atoms with E-state index in [4.69, 9.17) is 10.2 Å². The first-order chi connectivity index (χ1) is 26.4. The molecule has 290 valence electrons. The smallest absolute Gasteiger partial charge is 0.303 e. The number of carbonyl (C=O) groups is 2. The number of carboxylic acid groups (broad SMARTS) is 2. The first-order valence-corrected chi connectivity index (χ1v) is 19.5. The Morgan fingerprint density at radius 2 is 0.833 bits per heavy atom. The van der Waals surface area contributed by atoms with Crippen molar-refractivity contribution in [3.8, 4) is 22.9 Å². The maximum Gasteiger partial charge on any atom is 0.303 e. The predicted octanol–water partition coefficient (Wildman–Crippen LogP) is 8.58. The second kappa shape index (κ2) is 20.7. The topological polar surface area (TPSA) is 201 Å². The maximum absolute atomic E-state index is 12.2. The molecule has 14 heteroatoms. The first kappa shape index (κ1) is 39.8. The molecule has 2 heterocycles. The lowest BCUT2D eigenvalue weighted by molar-refractivity contribution is -0.138. The zero-order chi connectivity index (χ0) is 38.1. The van der Waals surface area contributed by atoms with E-state index in [9.17, 15) is 19.8 Å². The number of unbranched alkanes of at least 4 members (excludes halogenated alkanes) is 14. The van der Waals surface area contributed by atoms with Gasteiger partial charge in [0.15, 0.2) is 11.5 Å². The number of phenols is 2. The largest absolute Gasteiger partial charge is 0.504 e. The van der Waals surface area contributed by atoms with Crippen molar-refractivity contribution in [2.75, 3.05) is 23.7 Å². The molecule has 5 aromatic rings. The molecule has 0 amide bonds. The van der Waals surface area contributed by atoms with Crippen LogP contribution in [0.25, 0.3) is 33.4 Å². The minimum absolute atomic E-state index is 0.107. The summed E-state index contributed by atoms with van der Waals surface area (Å²) < 4.78 is 3.11. The van der Waals surface area contributed by atoms with Gasteiger partial charge in [-0.05, 0) is 49.9 Å². The number of benzene rings is 3. The molecule has 0 unspecified atom stereocenters. The Kier molecular flexibility index (Phi) is 15.3. The normalized spacial score (nSPS) is 11.4. The summed E-state index contributed by atoms with van der Waals surface area (Å²) in [6.45, 7) is 1.07. The number of aliphatic carboxylic acids is 2. The molecule has 54 heavy (non-hydrogen) atoms. The number of anilines is 2. The van der Waals surface area contributed by atoms with Gasteiger partial charge in [0.05, 0.1) is 11.0 Å². The van der Waals surface area contributed by atoms with Crippen LogP contribution in [0.4, 0.5) is 11.4 Å². The van der Waals surface area contributed by atoms with Gasteiger partial charge in [-0.3, -0.25) is 9.59 Å². The molecular weight excluding hydrogens is 688 g/mol. The fourth-order valence-electron chi connectivity index (χ4n) is 6.86. The van der Waals surface area contributed by atoms with Crippen LogP contribution < -0.4 is 10.6 Å². The lowest BCUT2D eigenvalue weighted by Gasteiger charge is -2.23. The van der Waals surface area contributed by atoms with Crippen LogP contribution in [0.3, 0.4) is 0 Å². The van der Waals surface area contributed by atoms with Crippen molar-refractivity contribution in [3.05, 3.63) is 48.5 Å². The summed E-state index contributed by atoms with van der Waals surface area (Å²) in [7, 11) is 0. The number of nitrogens with one attached hydrogen (secondary N) is 2. The monoisotopic (exact) mass is 742 g/mol. The van der Waals surface area contributed by atoms with E-state index in [1.807, 2.05) is 48.5 Å². The van der Waals surface area contributed by atoms with Crippen LogP contribution in [0.1, 0.15) is 116 Å². The van der Waals surface area contributed by atoms with Crippen molar-refractivity contribution in [2.24, 2.45) is 0 Å². The third-order valence-electron chi connectivity index (χ3n) is 9.76. The SMILES string of the molecule is O=C(O)CCCCCCCCCCNc1c(O)c(-n2nnc3ccccc32)c(NCCCCCCCCCCC(=O)O)c(O)c1-n1nnc2ccccc21. The molecule has 0 bridgehead atoms. The van der Waals surface area contributed by atoms with Crippen molar-refractivity contribution in [3.63, 3.8) is 0 Å². The number of para-hydroxylation sites is 2. The molecule has 3 aromatic carbocycles. The van der Waals surface area contributed by atoms with Crippen LogP contribution >= 0.6 is 0 Å². The van der Waals surface area contributed by atoms with Crippen molar-refractivity contribution >= 4 is 45.4 Å². The number of aromatic hydroxyl groups is 2. The van der Waals surface area contributed by atoms with Gasteiger partial charge in [0.25, 0.3) is 0 Å². The number of aromatic nitrogens is 6. The fourth-order valence-corrected chi connectivity index (χ4v) is 6.86. The number of hydrogen-bond acceptors (Lipinski definition) is 10. The molecule has 0 aliphatic carbocycles. The van der Waals surface area contributed by atoms with Crippen LogP contribution in [0.5, 0.6) is 11.5 Å². The molecular formula is C40H54N8O6. The Balaban J connectivity index is 1.34. The molecule has 0 atom stereocenters. The number of hydrogen-bond donors (Lipinski definition) is 6. The van der Waals surface area contributed by atoms with E-state index in [0.717, 1.165) is 103 Å². The summed E-state index contributed by atoms with van der Waals surface area (Å²) in [5.74, 6) is -1.69. The zero-order valence-electron chi connectivity index (χ0n) is 31.0. The highest BCUT2D eigenvalue weighted by atomic mass is 16.4. The minimum atomic E-state index is -0.739. The number of fused-ring (bicyclic) bond motifs is 2. The van der Waals surface area contributed by atoms with E-state index in [1.165, 1.54) is 0 Å². The minimum Gasteiger partial charge on any atom is -0.504 e. The van der Waals surface area contributed by atoms with Gasteiger partial charge in [-0.15, -0.1) is 10.2 Å². The van der Waals surface area contributed by atoms with E-state index in [1.54, 1.807) is 9.36 Å². The van der Waals surface area contributed by atoms with Gasteiger partial charge in [-0.25, -0.2) is 9.36 Å². The molecule has 0 saturated carbocycles. The zero-order valence-corrected chi connectivity index (χ0v) is 31.0. The third-order valence-corrected chi connectivity index (χ3v) is 9.76. The van der Waals surface area contributed by atoms with Gasteiger partial charge >= 0.3 is 11.9 Å². The first-order valence-electron chi connectivity index (χ1n) is 19.5. The van der Waals surface area contributed by atoms with Crippen molar-refractivity contribution < 1.29 is 30.0 Å². The molecule has 6 N–H and O–H groups in total. The molecule has 2 aromatic heterocycles. The van der Waals surface area contributed by atoms with Crippen LogP contribution in [-0.2, 0) is 9.59 Å². The van der Waals surface area contributed by atoms with E-state index in [2.05, 4.69) is 31.3 Å². The number of rotatable bonds is 26. The molecule has 0 spiro atoms. The van der Waals surface area contributed by atoms with Crippen molar-refractivity contribution in [2.45, 2.75) is 116 Å². The Labute approximate surface area is 315 Å². The molecule has 5 rings (SSSR count). The second-order valence-electron chi connectivity index (χ2n) is 13.9. The van der Waals surface area contributed by atoms with Gasteiger partial charge in [0.2, 0.25) is 0 Å². The highest BCUT2D eigenvalue weighted by Gasteiger charge is 2.29. The van der Waals surface area contributed by atoms with Crippen LogP contribution in [0.2, 0.25) is 0 Å². The van der Waals surface area contributed by atoms with E-state index in [0.29, 0.717) is 46.5 Å². The van der Waals surface area contributed by atoms with Crippen LogP contribution in [-0.4, -0.2) is 75.4 Å². The van der Waals surface area contributed by atoms with Gasteiger partial charge in [-0.2, -0.15) is 0 Å². The Hall–Kier alpha value is -5.40. The van der Waals surface area contributed by atoms with Crippen LogP contribution in [0.15, 0.2) is 48.5 Å². The second-order valence-corrected chi connectivity index (χ2v) is 13.9. The van der Waals surface area contributed by atoms with Gasteiger partial charge < -0.3 is 31.1 Å². The van der Waals surface area contributed by atoms with Crippen LogP contribution in [0, 0.1) is 0 Å². The van der Waals surface area contributed by atoms with Crippen molar-refractivity contribution in [1.29, 1.82) is 0 Å². The summed E-state index contributed by atoms with van der Waals surface area (Å²) >= 11 is 0. The summed E-state index contributed by atoms with van der Waals surface area (Å²) in [5, 5.41) is 66.4. The molecule has 0 saturated heterocycles. The Bertz CT molecular complexity index is 1820. The number of phenolic OH excluding ortho intramolecular Hbond substituents is 2. The molecule has 0 aliphatic heterocycles. The van der Waals surface area contributed by atoms with Gasteiger partial charge in [0.1, 0.15) is 33.8 Å². The van der Waals surface area contributed by atoms with Crippen molar-refractivity contribution in [1.82, 2.24) is 30.0 Å². The fraction of sp³-hybridized carbons (Fsp3) is 0.500. The predicted molar refractivity (Wildman–Crippen MR) is 210 cm³/mol. The summed E-state index contributed by atoms with van der Waals surface area (Å²) in [6, 6.07) is 14.9. The lowest BCUT2D eigenvalue weighted by Crippen LogP contribution is -2.14. The van der Waals surface area contributed by atoms with E-state index < -0.39 is 11.9 Å². The summed E-state index contributed by atoms with van der Waals surface area (Å²) in [4.78, 5) is 21.5. The quantitative estimate of drug-likeness (QED) is 0.0179. The molecule has 0 fully saturated rings.